The van der Waals surface area contributed by atoms with E-state index < -0.39 is 0 Å². The number of nitrogens with zero attached hydrogens (tertiary/aromatic N) is 2. The normalized spacial score (nSPS) is 11.6. The highest BCUT2D eigenvalue weighted by Crippen LogP contribution is 2.08. The van der Waals surface area contributed by atoms with Crippen LogP contribution in [-0.2, 0) is 0 Å². The van der Waals surface area contributed by atoms with Gasteiger partial charge in [0.2, 0.25) is 0 Å². The lowest BCUT2D eigenvalue weighted by atomic mass is 10.1. The van der Waals surface area contributed by atoms with E-state index in [0.717, 1.165) is 26.2 Å². The van der Waals surface area contributed by atoms with Gasteiger partial charge in [-0.2, -0.15) is 0 Å². The van der Waals surface area contributed by atoms with Crippen LogP contribution in [0.1, 0.15) is 30.6 Å². The highest BCUT2D eigenvalue weighted by atomic mass is 19.1. The van der Waals surface area contributed by atoms with Crippen molar-refractivity contribution < 1.29 is 9.18 Å². The molecule has 1 aromatic rings. The van der Waals surface area contributed by atoms with E-state index in [1.165, 1.54) is 12.1 Å². The third kappa shape index (κ3) is 7.34. The Morgan fingerprint density at radius 2 is 1.71 bits per heavy atom. The van der Waals surface area contributed by atoms with Crippen molar-refractivity contribution in [1.29, 1.82) is 0 Å². The van der Waals surface area contributed by atoms with E-state index in [1.807, 2.05) is 0 Å². The molecule has 0 heterocycles. The van der Waals surface area contributed by atoms with E-state index in [4.69, 9.17) is 0 Å². The van der Waals surface area contributed by atoms with Gasteiger partial charge in [0.05, 0.1) is 0 Å². The number of carbonyl (C=O) groups is 1. The molecule has 1 rings (SSSR count). The minimum atomic E-state index is -0.307. The van der Waals surface area contributed by atoms with E-state index in [-0.39, 0.29) is 11.6 Å². The molecule has 1 aromatic carbocycles. The SMILES string of the molecule is CC(C)CN(CCC(=O)c1ccc(F)cc1)CCN(C)C. The second-order valence-electron chi connectivity index (χ2n) is 6.18. The molecule has 0 fully saturated rings. The number of ketones is 1. The summed E-state index contributed by atoms with van der Waals surface area (Å²) in [5, 5.41) is 0. The van der Waals surface area contributed by atoms with Crippen LogP contribution in [0.2, 0.25) is 0 Å². The van der Waals surface area contributed by atoms with E-state index in [0.29, 0.717) is 17.9 Å². The quantitative estimate of drug-likeness (QED) is 0.654. The van der Waals surface area contributed by atoms with Crippen LogP contribution < -0.4 is 0 Å². The number of Topliss-reactive ketones (excluding diaryl/α,β-unsaturated/α-hetero) is 1. The third-order valence-electron chi connectivity index (χ3n) is 3.31. The Morgan fingerprint density at radius 1 is 1.10 bits per heavy atom. The van der Waals surface area contributed by atoms with Crippen LogP contribution in [0, 0.1) is 11.7 Å². The first-order chi connectivity index (χ1) is 9.88. The average Bonchev–Trinajstić information content (AvgIpc) is 2.41. The van der Waals surface area contributed by atoms with Crippen LogP contribution >= 0.6 is 0 Å². The maximum absolute atomic E-state index is 12.9. The summed E-state index contributed by atoms with van der Waals surface area (Å²) in [7, 11) is 4.11. The van der Waals surface area contributed by atoms with Crippen LogP contribution in [0.15, 0.2) is 24.3 Å². The van der Waals surface area contributed by atoms with Crippen molar-refractivity contribution in [1.82, 2.24) is 9.80 Å². The first-order valence-electron chi connectivity index (χ1n) is 7.54. The van der Waals surface area contributed by atoms with E-state index in [1.54, 1.807) is 12.1 Å². The minimum absolute atomic E-state index is 0.0774. The van der Waals surface area contributed by atoms with Crippen molar-refractivity contribution in [2.75, 3.05) is 40.3 Å². The minimum Gasteiger partial charge on any atom is -0.308 e. The van der Waals surface area contributed by atoms with Crippen LogP contribution in [0.25, 0.3) is 0 Å². The van der Waals surface area contributed by atoms with Gasteiger partial charge < -0.3 is 9.80 Å². The Balaban J connectivity index is 2.50. The molecule has 0 radical (unpaired) electrons. The van der Waals surface area contributed by atoms with Crippen molar-refractivity contribution in [2.24, 2.45) is 5.92 Å². The standard InChI is InChI=1S/C17H27FN2O/c1-14(2)13-20(12-11-19(3)4)10-9-17(21)15-5-7-16(18)8-6-15/h5-8,14H,9-13H2,1-4H3. The molecule has 0 bridgehead atoms. The predicted octanol–water partition coefficient (Wildman–Crippen LogP) is 2.92. The van der Waals surface area contributed by atoms with Crippen LogP contribution in [0.3, 0.4) is 0 Å². The third-order valence-corrected chi connectivity index (χ3v) is 3.31. The summed E-state index contributed by atoms with van der Waals surface area (Å²) in [5.41, 5.74) is 0.591. The summed E-state index contributed by atoms with van der Waals surface area (Å²) in [6, 6.07) is 5.80. The molecule has 0 N–H and O–H groups in total. The van der Waals surface area contributed by atoms with Crippen molar-refractivity contribution >= 4 is 5.78 Å². The number of halogens is 1. The Morgan fingerprint density at radius 3 is 2.24 bits per heavy atom. The molecule has 21 heavy (non-hydrogen) atoms. The van der Waals surface area contributed by atoms with Gasteiger partial charge in [-0.15, -0.1) is 0 Å². The molecule has 4 heteroatoms. The van der Waals surface area contributed by atoms with Gasteiger partial charge in [-0.05, 0) is 44.3 Å². The zero-order chi connectivity index (χ0) is 15.8. The first kappa shape index (κ1) is 17.8. The number of likely N-dealkylation sites (N-methyl/N-ethyl adjacent to an activating group) is 1. The molecule has 3 nitrogen and oxygen atoms in total. The lowest BCUT2D eigenvalue weighted by Gasteiger charge is -2.25. The van der Waals surface area contributed by atoms with Crippen molar-refractivity contribution in [3.63, 3.8) is 0 Å². The summed E-state index contributed by atoms with van der Waals surface area (Å²) in [5.74, 6) is 0.348. The summed E-state index contributed by atoms with van der Waals surface area (Å²) in [6.45, 7) is 8.06. The second-order valence-corrected chi connectivity index (χ2v) is 6.18. The molecule has 0 aromatic heterocycles. The van der Waals surface area contributed by atoms with E-state index in [2.05, 4.69) is 37.7 Å². The molecule has 0 saturated heterocycles. The van der Waals surface area contributed by atoms with E-state index >= 15 is 0 Å². The monoisotopic (exact) mass is 294 g/mol. The maximum Gasteiger partial charge on any atom is 0.164 e. The molecule has 0 atom stereocenters. The molecule has 0 aliphatic heterocycles. The molecular weight excluding hydrogens is 267 g/mol. The van der Waals surface area contributed by atoms with Crippen molar-refractivity contribution in [3.8, 4) is 0 Å². The van der Waals surface area contributed by atoms with Gasteiger partial charge >= 0.3 is 0 Å². The van der Waals surface area contributed by atoms with Gasteiger partial charge in [0.15, 0.2) is 5.78 Å². The molecule has 118 valence electrons. The largest absolute Gasteiger partial charge is 0.308 e. The molecular formula is C17H27FN2O. The number of benzene rings is 1. The first-order valence-corrected chi connectivity index (χ1v) is 7.54. The number of rotatable bonds is 9. The van der Waals surface area contributed by atoms with Crippen molar-refractivity contribution in [2.45, 2.75) is 20.3 Å². The zero-order valence-corrected chi connectivity index (χ0v) is 13.6. The second kappa shape index (κ2) is 8.90. The predicted molar refractivity (Wildman–Crippen MR) is 85.2 cm³/mol. The topological polar surface area (TPSA) is 23.6 Å². The number of carbonyl (C=O) groups excluding carboxylic acids is 1. The Hall–Kier alpha value is -1.26. The van der Waals surface area contributed by atoms with Gasteiger partial charge in [0, 0.05) is 38.2 Å². The molecule has 0 saturated carbocycles. The fraction of sp³-hybridized carbons (Fsp3) is 0.588. The Kier molecular flexibility index (Phi) is 7.54. The van der Waals surface area contributed by atoms with Gasteiger partial charge in [0.1, 0.15) is 5.82 Å². The molecule has 0 unspecified atom stereocenters. The van der Waals surface area contributed by atoms with Gasteiger partial charge in [-0.1, -0.05) is 13.8 Å². The Labute approximate surface area is 127 Å². The molecule has 0 spiro atoms. The fourth-order valence-corrected chi connectivity index (χ4v) is 2.19. The van der Waals surface area contributed by atoms with Crippen LogP contribution in [-0.4, -0.2) is 55.9 Å². The molecule has 0 aliphatic rings. The van der Waals surface area contributed by atoms with E-state index in [9.17, 15) is 9.18 Å². The zero-order valence-electron chi connectivity index (χ0n) is 13.6. The lowest BCUT2D eigenvalue weighted by molar-refractivity contribution is 0.0958. The van der Waals surface area contributed by atoms with Crippen LogP contribution in [0.4, 0.5) is 4.39 Å². The highest BCUT2D eigenvalue weighted by Gasteiger charge is 2.12. The average molecular weight is 294 g/mol. The van der Waals surface area contributed by atoms with Gasteiger partial charge in [-0.3, -0.25) is 4.79 Å². The van der Waals surface area contributed by atoms with Gasteiger partial charge in [-0.25, -0.2) is 4.39 Å². The number of hydrogen-bond acceptors (Lipinski definition) is 3. The van der Waals surface area contributed by atoms with Crippen LogP contribution in [0.5, 0.6) is 0 Å². The number of hydrogen-bond donors (Lipinski definition) is 0. The lowest BCUT2D eigenvalue weighted by Crippen LogP contribution is -2.35. The summed E-state index contributed by atoms with van der Waals surface area (Å²) in [6.07, 6.45) is 0.478. The van der Waals surface area contributed by atoms with Crippen molar-refractivity contribution in [3.05, 3.63) is 35.6 Å². The molecule has 0 amide bonds. The summed E-state index contributed by atoms with van der Waals surface area (Å²) >= 11 is 0. The summed E-state index contributed by atoms with van der Waals surface area (Å²) in [4.78, 5) is 16.6. The molecule has 0 aliphatic carbocycles. The fourth-order valence-electron chi connectivity index (χ4n) is 2.19. The summed E-state index contributed by atoms with van der Waals surface area (Å²) < 4.78 is 12.9. The smallest absolute Gasteiger partial charge is 0.164 e. The Bertz CT molecular complexity index is 429. The maximum atomic E-state index is 12.9. The highest BCUT2D eigenvalue weighted by molar-refractivity contribution is 5.96. The van der Waals surface area contributed by atoms with Gasteiger partial charge in [0.25, 0.3) is 0 Å².